The summed E-state index contributed by atoms with van der Waals surface area (Å²) in [7, 11) is -3.82. The van der Waals surface area contributed by atoms with E-state index in [4.69, 9.17) is 4.74 Å². The van der Waals surface area contributed by atoms with Crippen molar-refractivity contribution in [1.29, 1.82) is 0 Å². The number of hydrogen-bond donors (Lipinski definition) is 2. The van der Waals surface area contributed by atoms with Crippen LogP contribution in [0.1, 0.15) is 32.3 Å². The zero-order valence-electron chi connectivity index (χ0n) is 12.1. The number of ether oxygens (including phenoxy) is 1. The van der Waals surface area contributed by atoms with Crippen LogP contribution in [0.15, 0.2) is 6.20 Å². The molecule has 1 aromatic rings. The Labute approximate surface area is 124 Å². The molecule has 9 heteroatoms. The summed E-state index contributed by atoms with van der Waals surface area (Å²) in [5, 5.41) is 6.45. The lowest BCUT2D eigenvalue weighted by Crippen LogP contribution is -2.44. The average molecular weight is 316 g/mol. The summed E-state index contributed by atoms with van der Waals surface area (Å²) in [6.07, 6.45) is 3.33. The minimum Gasteiger partial charge on any atom is -0.465 e. The molecule has 8 nitrogen and oxygen atoms in total. The van der Waals surface area contributed by atoms with Crippen LogP contribution in [0.5, 0.6) is 0 Å². The maximum atomic E-state index is 12.4. The summed E-state index contributed by atoms with van der Waals surface area (Å²) in [4.78, 5) is 11.9. The van der Waals surface area contributed by atoms with Crippen LogP contribution >= 0.6 is 0 Å². The zero-order chi connectivity index (χ0) is 15.5. The highest BCUT2D eigenvalue weighted by molar-refractivity contribution is 7.90. The standard InChI is InChI=1S/C12H20N4O4S/c1-3-9-8-13-14-11(9)15-21(18,19)16-7-5-6-10(16)12(17)20-4-2/h8,10H,3-7H2,1-2H3,(H2,13,14,15). The first-order valence-electron chi connectivity index (χ1n) is 6.98. The predicted octanol–water partition coefficient (Wildman–Crippen LogP) is 0.656. The number of carbonyl (C=O) groups excluding carboxylic acids is 1. The molecule has 2 rings (SSSR count). The van der Waals surface area contributed by atoms with Crippen molar-refractivity contribution in [3.63, 3.8) is 0 Å². The lowest BCUT2D eigenvalue weighted by atomic mass is 10.2. The quantitative estimate of drug-likeness (QED) is 0.750. The Morgan fingerprint density at radius 1 is 1.57 bits per heavy atom. The number of esters is 1. The highest BCUT2D eigenvalue weighted by Gasteiger charge is 2.40. The van der Waals surface area contributed by atoms with E-state index >= 15 is 0 Å². The Hall–Kier alpha value is -1.61. The van der Waals surface area contributed by atoms with Crippen LogP contribution in [0.3, 0.4) is 0 Å². The zero-order valence-corrected chi connectivity index (χ0v) is 12.9. The van der Waals surface area contributed by atoms with Crippen molar-refractivity contribution in [2.75, 3.05) is 17.9 Å². The van der Waals surface area contributed by atoms with Crippen LogP contribution in [0, 0.1) is 0 Å². The Balaban J connectivity index is 2.16. The molecular formula is C12H20N4O4S. The van der Waals surface area contributed by atoms with Gasteiger partial charge in [0.1, 0.15) is 11.9 Å². The molecule has 0 amide bonds. The molecule has 1 unspecified atom stereocenters. The summed E-state index contributed by atoms with van der Waals surface area (Å²) in [6, 6.07) is -0.754. The number of aromatic amines is 1. The summed E-state index contributed by atoms with van der Waals surface area (Å²) in [5.74, 6) is -0.160. The molecule has 1 aromatic heterocycles. The molecule has 1 atom stereocenters. The second-order valence-corrected chi connectivity index (χ2v) is 6.37. The number of aryl methyl sites for hydroxylation is 1. The summed E-state index contributed by atoms with van der Waals surface area (Å²) >= 11 is 0. The predicted molar refractivity (Wildman–Crippen MR) is 76.9 cm³/mol. The molecule has 0 spiro atoms. The number of nitrogens with zero attached hydrogens (tertiary/aromatic N) is 2. The molecule has 0 aromatic carbocycles. The lowest BCUT2D eigenvalue weighted by Gasteiger charge is -2.22. The number of aromatic nitrogens is 2. The molecule has 0 saturated carbocycles. The minimum absolute atomic E-state index is 0.233. The van der Waals surface area contributed by atoms with Crippen molar-refractivity contribution in [3.05, 3.63) is 11.8 Å². The van der Waals surface area contributed by atoms with E-state index in [0.717, 1.165) is 9.87 Å². The van der Waals surface area contributed by atoms with E-state index in [2.05, 4.69) is 14.9 Å². The number of H-pyrrole nitrogens is 1. The van der Waals surface area contributed by atoms with Crippen LogP contribution < -0.4 is 4.72 Å². The van der Waals surface area contributed by atoms with E-state index in [9.17, 15) is 13.2 Å². The maximum Gasteiger partial charge on any atom is 0.324 e. The van der Waals surface area contributed by atoms with Crippen LogP contribution in [0.25, 0.3) is 0 Å². The lowest BCUT2D eigenvalue weighted by molar-refractivity contribution is -0.146. The van der Waals surface area contributed by atoms with Gasteiger partial charge in [-0.05, 0) is 26.2 Å². The summed E-state index contributed by atoms with van der Waals surface area (Å²) < 4.78 is 33.4. The number of rotatable bonds is 6. The highest BCUT2D eigenvalue weighted by atomic mass is 32.2. The van der Waals surface area contributed by atoms with Gasteiger partial charge in [0.15, 0.2) is 0 Å². The second kappa shape index (κ2) is 6.44. The van der Waals surface area contributed by atoms with Gasteiger partial charge in [0.2, 0.25) is 0 Å². The Kier molecular flexibility index (Phi) is 4.84. The first-order chi connectivity index (χ1) is 9.99. The fraction of sp³-hybridized carbons (Fsp3) is 0.667. The molecule has 118 valence electrons. The van der Waals surface area contributed by atoms with Gasteiger partial charge >= 0.3 is 16.2 Å². The van der Waals surface area contributed by atoms with Crippen molar-refractivity contribution in [3.8, 4) is 0 Å². The number of anilines is 1. The van der Waals surface area contributed by atoms with Gasteiger partial charge in [0.05, 0.1) is 12.8 Å². The molecule has 1 saturated heterocycles. The highest BCUT2D eigenvalue weighted by Crippen LogP contribution is 2.24. The summed E-state index contributed by atoms with van der Waals surface area (Å²) in [5.41, 5.74) is 0.769. The number of carbonyl (C=O) groups is 1. The molecule has 1 aliphatic heterocycles. The van der Waals surface area contributed by atoms with Gasteiger partial charge in [-0.15, -0.1) is 0 Å². The molecule has 2 N–H and O–H groups in total. The number of nitrogens with one attached hydrogen (secondary N) is 2. The van der Waals surface area contributed by atoms with Gasteiger partial charge in [0.25, 0.3) is 0 Å². The van der Waals surface area contributed by atoms with Crippen molar-refractivity contribution in [1.82, 2.24) is 14.5 Å². The molecular weight excluding hydrogens is 296 g/mol. The van der Waals surface area contributed by atoms with Crippen molar-refractivity contribution in [2.24, 2.45) is 0 Å². The fourth-order valence-corrected chi connectivity index (χ4v) is 3.80. The van der Waals surface area contributed by atoms with Gasteiger partial charge in [-0.3, -0.25) is 14.6 Å². The molecule has 2 heterocycles. The fourth-order valence-electron chi connectivity index (χ4n) is 2.36. The van der Waals surface area contributed by atoms with Crippen LogP contribution in [-0.2, 0) is 26.2 Å². The molecule has 1 fully saturated rings. The van der Waals surface area contributed by atoms with Crippen LogP contribution in [-0.4, -0.2) is 48.1 Å². The molecule has 1 aliphatic rings. The Bertz CT molecular complexity index is 598. The Morgan fingerprint density at radius 3 is 3.00 bits per heavy atom. The monoisotopic (exact) mass is 316 g/mol. The second-order valence-electron chi connectivity index (χ2n) is 4.75. The van der Waals surface area contributed by atoms with E-state index < -0.39 is 22.2 Å². The average Bonchev–Trinajstić information content (AvgIpc) is 3.06. The van der Waals surface area contributed by atoms with Gasteiger partial charge in [0, 0.05) is 12.1 Å². The SMILES string of the molecule is CCOC(=O)C1CCCN1S(=O)(=O)Nc1[nH]ncc1CC. The van der Waals surface area contributed by atoms with Crippen LogP contribution in [0.4, 0.5) is 5.82 Å². The Morgan fingerprint density at radius 2 is 2.33 bits per heavy atom. The molecule has 0 aliphatic carbocycles. The smallest absolute Gasteiger partial charge is 0.324 e. The van der Waals surface area contributed by atoms with Gasteiger partial charge in [-0.25, -0.2) is 0 Å². The van der Waals surface area contributed by atoms with Gasteiger partial charge in [-0.1, -0.05) is 6.92 Å². The van der Waals surface area contributed by atoms with E-state index in [-0.39, 0.29) is 6.61 Å². The summed E-state index contributed by atoms with van der Waals surface area (Å²) in [6.45, 7) is 4.13. The van der Waals surface area contributed by atoms with Crippen molar-refractivity contribution >= 4 is 22.0 Å². The van der Waals surface area contributed by atoms with Crippen molar-refractivity contribution in [2.45, 2.75) is 39.2 Å². The van der Waals surface area contributed by atoms with E-state index in [1.54, 1.807) is 13.1 Å². The minimum atomic E-state index is -3.82. The topological polar surface area (TPSA) is 104 Å². The maximum absolute atomic E-state index is 12.4. The molecule has 21 heavy (non-hydrogen) atoms. The molecule has 0 radical (unpaired) electrons. The number of hydrogen-bond acceptors (Lipinski definition) is 5. The largest absolute Gasteiger partial charge is 0.465 e. The van der Waals surface area contributed by atoms with E-state index in [0.29, 0.717) is 31.6 Å². The third-order valence-corrected chi connectivity index (χ3v) is 4.92. The van der Waals surface area contributed by atoms with E-state index in [1.807, 2.05) is 6.92 Å². The first-order valence-corrected chi connectivity index (χ1v) is 8.42. The normalized spacial score (nSPS) is 19.6. The van der Waals surface area contributed by atoms with Gasteiger partial charge in [-0.2, -0.15) is 17.8 Å². The third kappa shape index (κ3) is 3.35. The molecule has 0 bridgehead atoms. The van der Waals surface area contributed by atoms with Gasteiger partial charge < -0.3 is 4.74 Å². The van der Waals surface area contributed by atoms with Crippen LogP contribution in [0.2, 0.25) is 0 Å². The van der Waals surface area contributed by atoms with Crippen molar-refractivity contribution < 1.29 is 17.9 Å². The first kappa shape index (κ1) is 15.8. The third-order valence-electron chi connectivity index (χ3n) is 3.40. The van der Waals surface area contributed by atoms with E-state index in [1.165, 1.54) is 0 Å².